The molecule has 6 nitrogen and oxygen atoms in total. The summed E-state index contributed by atoms with van der Waals surface area (Å²) in [5.41, 5.74) is 1.80. The zero-order valence-electron chi connectivity index (χ0n) is 36.3. The van der Waals surface area contributed by atoms with Gasteiger partial charge in [-0.1, -0.05) is 110 Å². The van der Waals surface area contributed by atoms with Crippen molar-refractivity contribution in [2.75, 3.05) is 33.2 Å². The van der Waals surface area contributed by atoms with E-state index >= 15 is 0 Å². The Hall–Kier alpha value is -1.69. The second-order valence-corrected chi connectivity index (χ2v) is 19.5. The molecule has 0 heterocycles. The number of unbranched alkanes of at least 4 members (excludes halogenated alkanes) is 14. The van der Waals surface area contributed by atoms with Crippen LogP contribution in [0.15, 0.2) is 11.6 Å². The molecule has 0 spiro atoms. The largest absolute Gasteiger partial charge is 0.462 e. The van der Waals surface area contributed by atoms with Crippen LogP contribution in [0.3, 0.4) is 0 Å². The monoisotopic (exact) mass is 754 g/mol. The molecule has 1 amide bonds. The number of hydrogen-bond acceptors (Lipinski definition) is 4. The van der Waals surface area contributed by atoms with Gasteiger partial charge in [0.2, 0.25) is 5.91 Å². The number of esters is 1. The Morgan fingerprint density at radius 2 is 1.35 bits per heavy atom. The molecule has 0 aliphatic heterocycles. The molecule has 310 valence electrons. The van der Waals surface area contributed by atoms with E-state index in [-0.39, 0.29) is 41.7 Å². The molecule has 0 aromatic carbocycles. The van der Waals surface area contributed by atoms with Gasteiger partial charge >= 0.3 is 5.97 Å². The molecule has 0 aromatic rings. The van der Waals surface area contributed by atoms with Crippen LogP contribution in [0, 0.1) is 34.5 Å². The van der Waals surface area contributed by atoms with E-state index in [0.717, 1.165) is 30.3 Å². The predicted octanol–water partition coefficient (Wildman–Crippen LogP) is 11.7. The fourth-order valence-electron chi connectivity index (χ4n) is 12.1. The minimum Gasteiger partial charge on any atom is -0.462 e. The fourth-order valence-corrected chi connectivity index (χ4v) is 12.1. The van der Waals surface area contributed by atoms with Crippen LogP contribution in [0.4, 0.5) is 0 Å². The van der Waals surface area contributed by atoms with E-state index in [1.165, 1.54) is 147 Å². The predicted molar refractivity (Wildman–Crippen MR) is 224 cm³/mol. The zero-order valence-corrected chi connectivity index (χ0v) is 36.3. The number of nitrogens with zero attached hydrogens (tertiary/aromatic N) is 1. The van der Waals surface area contributed by atoms with Gasteiger partial charge in [0.1, 0.15) is 6.10 Å². The summed E-state index contributed by atoms with van der Waals surface area (Å²) < 4.78 is 7.16. The number of carbonyl (C=O) groups is 3. The third-order valence-electron chi connectivity index (χ3n) is 15.6. The molecule has 1 N–H and O–H groups in total. The van der Waals surface area contributed by atoms with Crippen LogP contribution in [0.1, 0.15) is 202 Å². The molecule has 3 saturated carbocycles. The molecule has 0 saturated heterocycles. The van der Waals surface area contributed by atoms with Crippen LogP contribution >= 0.6 is 0 Å². The number of ketones is 1. The number of rotatable bonds is 26. The molecule has 4 aliphatic rings. The Kier molecular flexibility index (Phi) is 18.6. The highest BCUT2D eigenvalue weighted by Gasteiger charge is 2.60. The van der Waals surface area contributed by atoms with Crippen molar-refractivity contribution in [2.45, 2.75) is 208 Å². The van der Waals surface area contributed by atoms with Crippen molar-refractivity contribution in [1.29, 1.82) is 0 Å². The summed E-state index contributed by atoms with van der Waals surface area (Å²) in [4.78, 5) is 38.3. The van der Waals surface area contributed by atoms with Gasteiger partial charge in [0.05, 0.1) is 39.6 Å². The number of ether oxygens (including phenoxy) is 1. The number of nitrogens with one attached hydrogen (secondary N) is 1. The highest BCUT2D eigenvalue weighted by molar-refractivity contribution is 5.91. The Bertz CT molecular complexity index is 1180. The summed E-state index contributed by atoms with van der Waals surface area (Å²) in [6.07, 6.45) is 32.4. The lowest BCUT2D eigenvalue weighted by Gasteiger charge is -2.58. The maximum Gasteiger partial charge on any atom is 0.306 e. The molecule has 7 atom stereocenters. The van der Waals surface area contributed by atoms with Crippen LogP contribution in [-0.4, -0.2) is 61.5 Å². The molecule has 3 fully saturated rings. The standard InChI is InChI=1S/C48H84N2O4/c1-7-9-11-13-15-17-19-21-34-50(6,35-22-20-18-16-14-12-10-8-2)36-33-49-45(52)27-28-46(53)54-38(3)42-25-26-43-41-24-23-39-37-40(51)29-31-47(39,4)44(41)30-32-48(42,43)5/h37-38,41-44H,7-36H2,1-6H3/p+1/t38?,41?,42-,43?,44?,47+,48-/m1/s1. The molecular weight excluding hydrogens is 669 g/mol. The van der Waals surface area contributed by atoms with Gasteiger partial charge in [0.25, 0.3) is 0 Å². The molecule has 4 unspecified atom stereocenters. The Balaban J connectivity index is 1.17. The van der Waals surface area contributed by atoms with Crippen LogP contribution in [0.5, 0.6) is 0 Å². The van der Waals surface area contributed by atoms with Crippen LogP contribution < -0.4 is 5.32 Å². The average Bonchev–Trinajstić information content (AvgIpc) is 3.51. The van der Waals surface area contributed by atoms with Gasteiger partial charge in [0, 0.05) is 18.8 Å². The summed E-state index contributed by atoms with van der Waals surface area (Å²) >= 11 is 0. The van der Waals surface area contributed by atoms with E-state index in [4.69, 9.17) is 4.74 Å². The lowest BCUT2D eigenvalue weighted by molar-refractivity contribution is -0.908. The van der Waals surface area contributed by atoms with Gasteiger partial charge in [-0.25, -0.2) is 0 Å². The minimum atomic E-state index is -0.227. The van der Waals surface area contributed by atoms with Crippen molar-refractivity contribution in [3.8, 4) is 0 Å². The van der Waals surface area contributed by atoms with Crippen molar-refractivity contribution in [2.24, 2.45) is 34.5 Å². The van der Waals surface area contributed by atoms with Gasteiger partial charge in [-0.3, -0.25) is 14.4 Å². The number of amides is 1. The first kappa shape index (κ1) is 45.0. The summed E-state index contributed by atoms with van der Waals surface area (Å²) in [6.45, 7) is 15.6. The maximum atomic E-state index is 13.1. The molecule has 0 bridgehead atoms. The van der Waals surface area contributed by atoms with Gasteiger partial charge in [0.15, 0.2) is 5.78 Å². The third kappa shape index (κ3) is 12.7. The average molecular weight is 754 g/mol. The molecular formula is C48H85N2O4+. The number of quaternary nitrogens is 1. The van der Waals surface area contributed by atoms with E-state index in [0.29, 0.717) is 42.4 Å². The van der Waals surface area contributed by atoms with Crippen LogP contribution in [0.2, 0.25) is 0 Å². The normalized spacial score (nSPS) is 28.5. The first-order valence-electron chi connectivity index (χ1n) is 23.5. The molecule has 4 rings (SSSR count). The second-order valence-electron chi connectivity index (χ2n) is 19.5. The summed E-state index contributed by atoms with van der Waals surface area (Å²) in [6, 6.07) is 0. The van der Waals surface area contributed by atoms with Crippen molar-refractivity contribution in [3.63, 3.8) is 0 Å². The van der Waals surface area contributed by atoms with E-state index in [9.17, 15) is 14.4 Å². The SMILES string of the molecule is CCCCCCCCCC[N+](C)(CCCCCCCCCC)CCNC(=O)CCC(=O)OC(C)[C@H]1CCC2C3CCC4=CC(=O)CC[C@]4(C)C3CC[C@@]21C. The zero-order chi connectivity index (χ0) is 39.0. The Labute approximate surface area is 332 Å². The number of carbonyl (C=O) groups excluding carboxylic acids is 3. The quantitative estimate of drug-likeness (QED) is 0.0542. The number of likely N-dealkylation sites (N-methyl/N-ethyl adjacent to an activating group) is 1. The van der Waals surface area contributed by atoms with E-state index < -0.39 is 0 Å². The smallest absolute Gasteiger partial charge is 0.306 e. The molecule has 6 heteroatoms. The highest BCUT2D eigenvalue weighted by Crippen LogP contribution is 2.67. The maximum absolute atomic E-state index is 13.1. The van der Waals surface area contributed by atoms with Crippen molar-refractivity contribution < 1.29 is 23.6 Å². The van der Waals surface area contributed by atoms with E-state index in [2.05, 4.69) is 47.0 Å². The lowest BCUT2D eigenvalue weighted by atomic mass is 9.46. The van der Waals surface area contributed by atoms with E-state index in [1.54, 1.807) is 0 Å². The van der Waals surface area contributed by atoms with Crippen molar-refractivity contribution >= 4 is 17.7 Å². The second kappa shape index (κ2) is 22.3. The van der Waals surface area contributed by atoms with E-state index in [1.807, 2.05) is 6.08 Å². The topological polar surface area (TPSA) is 72.5 Å². The first-order valence-corrected chi connectivity index (χ1v) is 23.5. The summed E-state index contributed by atoms with van der Waals surface area (Å²) in [7, 11) is 2.40. The molecule has 54 heavy (non-hydrogen) atoms. The summed E-state index contributed by atoms with van der Waals surface area (Å²) in [5, 5.41) is 3.17. The van der Waals surface area contributed by atoms with Crippen LogP contribution in [-0.2, 0) is 19.1 Å². The highest BCUT2D eigenvalue weighted by atomic mass is 16.5. The number of allylic oxidation sites excluding steroid dienone is 1. The Morgan fingerprint density at radius 1 is 0.759 bits per heavy atom. The van der Waals surface area contributed by atoms with Gasteiger partial charge in [-0.05, 0) is 112 Å². The minimum absolute atomic E-state index is 0.0276. The van der Waals surface area contributed by atoms with Gasteiger partial charge < -0.3 is 14.5 Å². The molecule has 0 radical (unpaired) electrons. The van der Waals surface area contributed by atoms with Gasteiger partial charge in [-0.15, -0.1) is 0 Å². The molecule has 0 aromatic heterocycles. The van der Waals surface area contributed by atoms with Crippen LogP contribution in [0.25, 0.3) is 0 Å². The van der Waals surface area contributed by atoms with Gasteiger partial charge in [-0.2, -0.15) is 0 Å². The third-order valence-corrected chi connectivity index (χ3v) is 15.6. The number of hydrogen-bond donors (Lipinski definition) is 1. The van der Waals surface area contributed by atoms with Crippen molar-refractivity contribution in [1.82, 2.24) is 5.32 Å². The molecule has 4 aliphatic carbocycles. The fraction of sp³-hybridized carbons (Fsp3) is 0.896. The lowest BCUT2D eigenvalue weighted by Crippen LogP contribution is -2.51. The number of fused-ring (bicyclic) bond motifs is 5. The van der Waals surface area contributed by atoms with Crippen molar-refractivity contribution in [3.05, 3.63) is 11.6 Å². The first-order chi connectivity index (χ1) is 26.0. The summed E-state index contributed by atoms with van der Waals surface area (Å²) in [5.74, 6) is 2.49. The Morgan fingerprint density at radius 3 is 1.96 bits per heavy atom.